The molecule has 82 valence electrons. The third-order valence-electron chi connectivity index (χ3n) is 3.09. The molecule has 1 fully saturated rings. The Morgan fingerprint density at radius 3 is 2.80 bits per heavy atom. The SMILES string of the molecule is CC1CCCC1C(=O)c1cc(Cl)c(Br)s1. The first kappa shape index (κ1) is 11.6. The Morgan fingerprint density at radius 1 is 1.60 bits per heavy atom. The van der Waals surface area contributed by atoms with E-state index < -0.39 is 0 Å². The van der Waals surface area contributed by atoms with Gasteiger partial charge in [0.05, 0.1) is 13.7 Å². The molecule has 0 spiro atoms. The van der Waals surface area contributed by atoms with E-state index in [1.54, 1.807) is 6.07 Å². The van der Waals surface area contributed by atoms with Crippen molar-refractivity contribution in [2.75, 3.05) is 0 Å². The molecular formula is C11H12BrClOS. The van der Waals surface area contributed by atoms with Crippen LogP contribution in [-0.4, -0.2) is 5.78 Å². The van der Waals surface area contributed by atoms with Crippen LogP contribution in [0.1, 0.15) is 35.9 Å². The van der Waals surface area contributed by atoms with Gasteiger partial charge in [0.25, 0.3) is 0 Å². The van der Waals surface area contributed by atoms with Gasteiger partial charge < -0.3 is 0 Å². The van der Waals surface area contributed by atoms with Gasteiger partial charge >= 0.3 is 0 Å². The van der Waals surface area contributed by atoms with Crippen molar-refractivity contribution < 1.29 is 4.79 Å². The molecule has 0 N–H and O–H groups in total. The van der Waals surface area contributed by atoms with Crippen molar-refractivity contribution >= 4 is 44.7 Å². The van der Waals surface area contributed by atoms with Crippen LogP contribution in [0.5, 0.6) is 0 Å². The molecule has 0 aromatic carbocycles. The summed E-state index contributed by atoms with van der Waals surface area (Å²) in [5.74, 6) is 1.02. The highest BCUT2D eigenvalue weighted by atomic mass is 79.9. The first-order valence-electron chi connectivity index (χ1n) is 5.08. The van der Waals surface area contributed by atoms with Crippen molar-refractivity contribution in [1.82, 2.24) is 0 Å². The fraction of sp³-hybridized carbons (Fsp3) is 0.545. The van der Waals surface area contributed by atoms with Gasteiger partial charge in [-0.15, -0.1) is 11.3 Å². The summed E-state index contributed by atoms with van der Waals surface area (Å²) in [4.78, 5) is 13.0. The molecule has 1 saturated carbocycles. The van der Waals surface area contributed by atoms with Crippen LogP contribution in [0.15, 0.2) is 9.85 Å². The maximum absolute atomic E-state index is 12.2. The zero-order valence-electron chi connectivity index (χ0n) is 8.43. The van der Waals surface area contributed by atoms with Crippen LogP contribution in [0.4, 0.5) is 0 Å². The zero-order chi connectivity index (χ0) is 11.0. The molecule has 0 bridgehead atoms. The van der Waals surface area contributed by atoms with Crippen LogP contribution in [-0.2, 0) is 0 Å². The number of Topliss-reactive ketones (excluding diaryl/α,β-unsaturated/α-hetero) is 1. The summed E-state index contributed by atoms with van der Waals surface area (Å²) < 4.78 is 0.859. The lowest BCUT2D eigenvalue weighted by Crippen LogP contribution is -2.15. The summed E-state index contributed by atoms with van der Waals surface area (Å²) >= 11 is 10.7. The maximum atomic E-state index is 12.2. The third kappa shape index (κ3) is 2.29. The number of carbonyl (C=O) groups is 1. The fourth-order valence-electron chi connectivity index (χ4n) is 2.19. The Hall–Kier alpha value is 0.140. The van der Waals surface area contributed by atoms with E-state index in [-0.39, 0.29) is 11.7 Å². The fourth-order valence-corrected chi connectivity index (χ4v) is 3.89. The number of rotatable bonds is 2. The van der Waals surface area contributed by atoms with E-state index in [4.69, 9.17) is 11.6 Å². The van der Waals surface area contributed by atoms with Gasteiger partial charge in [0.15, 0.2) is 5.78 Å². The summed E-state index contributed by atoms with van der Waals surface area (Å²) in [5, 5.41) is 0.647. The van der Waals surface area contributed by atoms with Crippen LogP contribution < -0.4 is 0 Å². The molecule has 0 saturated heterocycles. The maximum Gasteiger partial charge on any atom is 0.176 e. The highest BCUT2D eigenvalue weighted by Gasteiger charge is 2.31. The van der Waals surface area contributed by atoms with Gasteiger partial charge in [-0.1, -0.05) is 24.9 Å². The summed E-state index contributed by atoms with van der Waals surface area (Å²) in [7, 11) is 0. The number of hydrogen-bond acceptors (Lipinski definition) is 2. The van der Waals surface area contributed by atoms with Crippen LogP contribution in [0.3, 0.4) is 0 Å². The molecule has 0 radical (unpaired) electrons. The van der Waals surface area contributed by atoms with Gasteiger partial charge in [-0.3, -0.25) is 4.79 Å². The summed E-state index contributed by atoms with van der Waals surface area (Å²) in [6, 6.07) is 1.78. The Kier molecular flexibility index (Phi) is 3.53. The molecular weight excluding hydrogens is 296 g/mol. The van der Waals surface area contributed by atoms with Crippen LogP contribution in [0.2, 0.25) is 5.02 Å². The van der Waals surface area contributed by atoms with Crippen molar-refractivity contribution in [2.24, 2.45) is 11.8 Å². The summed E-state index contributed by atoms with van der Waals surface area (Å²) in [5.41, 5.74) is 0. The molecule has 2 unspecified atom stereocenters. The van der Waals surface area contributed by atoms with Crippen LogP contribution in [0.25, 0.3) is 0 Å². The van der Waals surface area contributed by atoms with E-state index in [1.807, 2.05) is 0 Å². The molecule has 2 rings (SSSR count). The lowest BCUT2D eigenvalue weighted by Gasteiger charge is -2.11. The lowest BCUT2D eigenvalue weighted by atomic mass is 9.93. The van der Waals surface area contributed by atoms with Crippen LogP contribution in [0, 0.1) is 11.8 Å². The first-order chi connectivity index (χ1) is 7.09. The topological polar surface area (TPSA) is 17.1 Å². The standard InChI is InChI=1S/C11H12BrClOS/c1-6-3-2-4-7(6)10(14)9-5-8(13)11(12)15-9/h5-7H,2-4H2,1H3. The van der Waals surface area contributed by atoms with Crippen molar-refractivity contribution in [1.29, 1.82) is 0 Å². The van der Waals surface area contributed by atoms with E-state index in [0.29, 0.717) is 10.9 Å². The number of carbonyl (C=O) groups excluding carboxylic acids is 1. The Bertz CT molecular complexity index is 368. The second-order valence-corrected chi connectivity index (χ2v) is 6.89. The molecule has 1 aliphatic carbocycles. The van der Waals surface area contributed by atoms with Crippen molar-refractivity contribution in [3.05, 3.63) is 19.8 Å². The second kappa shape index (κ2) is 4.56. The summed E-state index contributed by atoms with van der Waals surface area (Å²) in [6.07, 6.45) is 3.39. The second-order valence-electron chi connectivity index (χ2n) is 4.11. The minimum Gasteiger partial charge on any atom is -0.293 e. The van der Waals surface area contributed by atoms with Gasteiger partial charge in [0.1, 0.15) is 0 Å². The van der Waals surface area contributed by atoms with Gasteiger partial charge in [-0.25, -0.2) is 0 Å². The molecule has 1 aromatic rings. The predicted octanol–water partition coefficient (Wildman–Crippen LogP) is 4.78. The summed E-state index contributed by atoms with van der Waals surface area (Å²) in [6.45, 7) is 2.17. The van der Waals surface area contributed by atoms with Gasteiger partial charge in [0.2, 0.25) is 0 Å². The molecule has 1 nitrogen and oxygen atoms in total. The third-order valence-corrected chi connectivity index (χ3v) is 5.58. The number of ketones is 1. The lowest BCUT2D eigenvalue weighted by molar-refractivity contribution is 0.0901. The van der Waals surface area contributed by atoms with Crippen molar-refractivity contribution in [3.8, 4) is 0 Å². The molecule has 15 heavy (non-hydrogen) atoms. The molecule has 2 atom stereocenters. The number of halogens is 2. The smallest absolute Gasteiger partial charge is 0.176 e. The monoisotopic (exact) mass is 306 g/mol. The van der Waals surface area contributed by atoms with E-state index >= 15 is 0 Å². The van der Waals surface area contributed by atoms with E-state index in [2.05, 4.69) is 22.9 Å². The zero-order valence-corrected chi connectivity index (χ0v) is 11.6. The van der Waals surface area contributed by atoms with E-state index in [0.717, 1.165) is 15.1 Å². The number of hydrogen-bond donors (Lipinski definition) is 0. The highest BCUT2D eigenvalue weighted by molar-refractivity contribution is 9.11. The molecule has 0 aliphatic heterocycles. The molecule has 0 amide bonds. The predicted molar refractivity (Wildman–Crippen MR) is 67.9 cm³/mol. The quantitative estimate of drug-likeness (QED) is 0.718. The van der Waals surface area contributed by atoms with E-state index in [1.165, 1.54) is 24.2 Å². The number of thiophene rings is 1. The van der Waals surface area contributed by atoms with Gasteiger partial charge in [-0.2, -0.15) is 0 Å². The normalized spacial score (nSPS) is 25.8. The molecule has 1 aliphatic rings. The Balaban J connectivity index is 2.20. The van der Waals surface area contributed by atoms with Crippen molar-refractivity contribution in [2.45, 2.75) is 26.2 Å². The first-order valence-corrected chi connectivity index (χ1v) is 7.07. The Labute approximate surface area is 107 Å². The van der Waals surface area contributed by atoms with Crippen molar-refractivity contribution in [3.63, 3.8) is 0 Å². The molecule has 1 heterocycles. The van der Waals surface area contributed by atoms with E-state index in [9.17, 15) is 4.79 Å². The minimum absolute atomic E-state index is 0.214. The molecule has 4 heteroatoms. The van der Waals surface area contributed by atoms with Gasteiger partial charge in [0, 0.05) is 5.92 Å². The molecule has 1 aromatic heterocycles. The Morgan fingerprint density at radius 2 is 2.33 bits per heavy atom. The minimum atomic E-state index is 0.214. The highest BCUT2D eigenvalue weighted by Crippen LogP contribution is 2.38. The van der Waals surface area contributed by atoms with Crippen LogP contribution >= 0.6 is 38.9 Å². The largest absolute Gasteiger partial charge is 0.293 e. The average Bonchev–Trinajstić information content (AvgIpc) is 2.74. The van der Waals surface area contributed by atoms with Gasteiger partial charge in [-0.05, 0) is 40.8 Å². The average molecular weight is 308 g/mol.